The average molecular weight is 693 g/mol. The second kappa shape index (κ2) is 39.7. The molecule has 292 valence electrons. The fourth-order valence-electron chi connectivity index (χ4n) is 7.61. The van der Waals surface area contributed by atoms with Gasteiger partial charge in [-0.1, -0.05) is 245 Å². The molecule has 0 amide bonds. The molecule has 0 aliphatic carbocycles. The van der Waals surface area contributed by atoms with E-state index >= 15 is 0 Å². The predicted molar refractivity (Wildman–Crippen MR) is 214 cm³/mol. The summed E-state index contributed by atoms with van der Waals surface area (Å²) in [5.41, 5.74) is 0. The second-order valence-electron chi connectivity index (χ2n) is 15.9. The zero-order valence-electron chi connectivity index (χ0n) is 33.4. The van der Waals surface area contributed by atoms with Crippen LogP contribution in [0.15, 0.2) is 0 Å². The maximum atomic E-state index is 11.9. The highest BCUT2D eigenvalue weighted by molar-refractivity contribution is 5.73. The minimum Gasteiger partial charge on any atom is -0.481 e. The Bertz CT molecular complexity index is 621. The smallest absolute Gasteiger partial charge is 0.306 e. The molecular formula is C45H88O4. The van der Waals surface area contributed by atoms with Crippen molar-refractivity contribution in [2.75, 3.05) is 0 Å². The standard InChI is InChI=1S/C45H88O4/c1-3-5-7-9-11-13-15-17-19-21-23-25-27-29-31-33-35-37-39-42(44(46)47)41-43(45(48)49)40-38-36-34-32-30-28-26-24-22-20-18-16-14-12-10-8-6-4-2/h42-43H,3-41H2,1-2H3,(H,46,47)(H,48,49). The van der Waals surface area contributed by atoms with E-state index in [0.717, 1.165) is 25.7 Å². The van der Waals surface area contributed by atoms with Gasteiger partial charge in [0.2, 0.25) is 0 Å². The fourth-order valence-corrected chi connectivity index (χ4v) is 7.61. The monoisotopic (exact) mass is 693 g/mol. The van der Waals surface area contributed by atoms with E-state index in [2.05, 4.69) is 13.8 Å². The van der Waals surface area contributed by atoms with Crippen molar-refractivity contribution in [2.45, 2.75) is 264 Å². The summed E-state index contributed by atoms with van der Waals surface area (Å²) in [6.45, 7) is 4.56. The van der Waals surface area contributed by atoms with Gasteiger partial charge in [0, 0.05) is 0 Å². The molecule has 0 saturated heterocycles. The topological polar surface area (TPSA) is 74.6 Å². The summed E-state index contributed by atoms with van der Waals surface area (Å²) in [6, 6.07) is 0. The van der Waals surface area contributed by atoms with Crippen LogP contribution >= 0.6 is 0 Å². The van der Waals surface area contributed by atoms with Gasteiger partial charge >= 0.3 is 11.9 Å². The zero-order valence-corrected chi connectivity index (χ0v) is 33.4. The van der Waals surface area contributed by atoms with Crippen molar-refractivity contribution in [3.63, 3.8) is 0 Å². The van der Waals surface area contributed by atoms with Crippen LogP contribution in [-0.2, 0) is 9.59 Å². The van der Waals surface area contributed by atoms with E-state index in [1.807, 2.05) is 0 Å². The van der Waals surface area contributed by atoms with Gasteiger partial charge in [-0.05, 0) is 19.3 Å². The van der Waals surface area contributed by atoms with E-state index in [-0.39, 0.29) is 0 Å². The van der Waals surface area contributed by atoms with Crippen LogP contribution < -0.4 is 0 Å². The van der Waals surface area contributed by atoms with E-state index in [4.69, 9.17) is 0 Å². The van der Waals surface area contributed by atoms with Gasteiger partial charge in [-0.25, -0.2) is 0 Å². The largest absolute Gasteiger partial charge is 0.481 e. The Kier molecular flexibility index (Phi) is 38.9. The Morgan fingerprint density at radius 3 is 0.633 bits per heavy atom. The van der Waals surface area contributed by atoms with Crippen LogP contribution in [0.3, 0.4) is 0 Å². The first-order valence-electron chi connectivity index (χ1n) is 22.5. The fraction of sp³-hybridized carbons (Fsp3) is 0.956. The van der Waals surface area contributed by atoms with Crippen molar-refractivity contribution in [2.24, 2.45) is 11.8 Å². The molecule has 0 radical (unpaired) electrons. The van der Waals surface area contributed by atoms with Crippen LogP contribution in [0.5, 0.6) is 0 Å². The first-order valence-corrected chi connectivity index (χ1v) is 22.5. The third-order valence-corrected chi connectivity index (χ3v) is 11.1. The third-order valence-electron chi connectivity index (χ3n) is 11.1. The van der Waals surface area contributed by atoms with Crippen molar-refractivity contribution < 1.29 is 19.8 Å². The molecule has 0 aromatic rings. The summed E-state index contributed by atoms with van der Waals surface area (Å²) in [6.07, 6.45) is 49.2. The lowest BCUT2D eigenvalue weighted by atomic mass is 9.87. The predicted octanol–water partition coefficient (Wildman–Crippen LogP) is 15.6. The van der Waals surface area contributed by atoms with E-state index < -0.39 is 23.8 Å². The molecule has 0 aliphatic rings. The molecule has 2 atom stereocenters. The number of aliphatic carboxylic acids is 2. The molecule has 0 saturated carbocycles. The maximum absolute atomic E-state index is 11.9. The number of rotatable bonds is 42. The highest BCUT2D eigenvalue weighted by Crippen LogP contribution is 2.25. The Balaban J connectivity index is 3.68. The van der Waals surface area contributed by atoms with Crippen molar-refractivity contribution in [1.29, 1.82) is 0 Å². The van der Waals surface area contributed by atoms with Gasteiger partial charge in [0.1, 0.15) is 0 Å². The summed E-state index contributed by atoms with van der Waals surface area (Å²) in [7, 11) is 0. The van der Waals surface area contributed by atoms with E-state index in [1.165, 1.54) is 205 Å². The Morgan fingerprint density at radius 2 is 0.469 bits per heavy atom. The lowest BCUT2D eigenvalue weighted by molar-refractivity contribution is -0.146. The molecule has 0 heterocycles. The summed E-state index contributed by atoms with van der Waals surface area (Å²) < 4.78 is 0. The van der Waals surface area contributed by atoms with Crippen molar-refractivity contribution in [3.8, 4) is 0 Å². The zero-order chi connectivity index (χ0) is 35.9. The summed E-state index contributed by atoms with van der Waals surface area (Å²) in [5.74, 6) is -2.65. The molecule has 0 aromatic carbocycles. The Hall–Kier alpha value is -1.06. The van der Waals surface area contributed by atoms with Gasteiger partial charge in [-0.3, -0.25) is 9.59 Å². The van der Waals surface area contributed by atoms with Crippen LogP contribution in [0.25, 0.3) is 0 Å². The number of hydrogen-bond acceptors (Lipinski definition) is 2. The molecule has 4 nitrogen and oxygen atoms in total. The third kappa shape index (κ3) is 36.5. The summed E-state index contributed by atoms with van der Waals surface area (Å²) in [4.78, 5) is 23.8. The molecule has 4 heteroatoms. The van der Waals surface area contributed by atoms with Gasteiger partial charge < -0.3 is 10.2 Å². The SMILES string of the molecule is CCCCCCCCCCCCCCCCCCCCC(CC(CCCCCCCCCCCCCCCCCCCC)C(=O)O)C(=O)O. The van der Waals surface area contributed by atoms with Crippen LogP contribution in [0.4, 0.5) is 0 Å². The molecule has 0 aliphatic heterocycles. The quantitative estimate of drug-likeness (QED) is 0.0624. The molecule has 0 aromatic heterocycles. The number of unbranched alkanes of at least 4 members (excludes halogenated alkanes) is 34. The highest BCUT2D eigenvalue weighted by atomic mass is 16.4. The number of hydrogen-bond donors (Lipinski definition) is 2. The van der Waals surface area contributed by atoms with Crippen molar-refractivity contribution in [1.82, 2.24) is 0 Å². The minimum absolute atomic E-state index is 0.294. The van der Waals surface area contributed by atoms with E-state index in [1.54, 1.807) is 0 Å². The first kappa shape index (κ1) is 47.9. The van der Waals surface area contributed by atoms with Gasteiger partial charge in [0.25, 0.3) is 0 Å². The lowest BCUT2D eigenvalue weighted by Crippen LogP contribution is -2.23. The molecule has 49 heavy (non-hydrogen) atoms. The average Bonchev–Trinajstić information content (AvgIpc) is 3.08. The highest BCUT2D eigenvalue weighted by Gasteiger charge is 2.26. The normalized spacial score (nSPS) is 12.8. The van der Waals surface area contributed by atoms with Crippen molar-refractivity contribution >= 4 is 11.9 Å². The van der Waals surface area contributed by atoms with Crippen LogP contribution in [0.2, 0.25) is 0 Å². The second-order valence-corrected chi connectivity index (χ2v) is 15.9. The Morgan fingerprint density at radius 1 is 0.306 bits per heavy atom. The van der Waals surface area contributed by atoms with E-state index in [9.17, 15) is 19.8 Å². The molecule has 2 unspecified atom stereocenters. The van der Waals surface area contributed by atoms with Crippen molar-refractivity contribution in [3.05, 3.63) is 0 Å². The van der Waals surface area contributed by atoms with Gasteiger partial charge in [-0.15, -0.1) is 0 Å². The summed E-state index contributed by atoms with van der Waals surface area (Å²) >= 11 is 0. The molecule has 0 fully saturated rings. The van der Waals surface area contributed by atoms with Gasteiger partial charge in [0.05, 0.1) is 11.8 Å². The van der Waals surface area contributed by atoms with E-state index in [0.29, 0.717) is 19.3 Å². The molecule has 0 bridgehead atoms. The molecule has 2 N–H and O–H groups in total. The molecular weight excluding hydrogens is 604 g/mol. The Labute approximate surface area is 307 Å². The van der Waals surface area contributed by atoms with Crippen LogP contribution in [-0.4, -0.2) is 22.2 Å². The van der Waals surface area contributed by atoms with Gasteiger partial charge in [0.15, 0.2) is 0 Å². The number of carboxylic acid groups (broad SMARTS) is 2. The minimum atomic E-state index is -0.809. The lowest BCUT2D eigenvalue weighted by Gasteiger charge is -2.18. The molecule has 0 rings (SSSR count). The van der Waals surface area contributed by atoms with Crippen LogP contribution in [0, 0.1) is 11.8 Å². The summed E-state index contributed by atoms with van der Waals surface area (Å²) in [5, 5.41) is 19.6. The molecule has 0 spiro atoms. The van der Waals surface area contributed by atoms with Crippen LogP contribution in [0.1, 0.15) is 264 Å². The number of carbonyl (C=O) groups is 2. The maximum Gasteiger partial charge on any atom is 0.306 e. The number of carboxylic acids is 2. The van der Waals surface area contributed by atoms with Gasteiger partial charge in [-0.2, -0.15) is 0 Å². The first-order chi connectivity index (χ1) is 24.0.